The van der Waals surface area contributed by atoms with E-state index in [0.29, 0.717) is 18.7 Å². The van der Waals surface area contributed by atoms with E-state index >= 15 is 0 Å². The second-order valence-corrected chi connectivity index (χ2v) is 6.87. The van der Waals surface area contributed by atoms with E-state index in [4.69, 9.17) is 9.78 Å². The first-order chi connectivity index (χ1) is 9.27. The average Bonchev–Trinajstić information content (AvgIpc) is 2.84. The molecule has 4 aliphatic rings. The molecule has 5 rings (SSSR count). The summed E-state index contributed by atoms with van der Waals surface area (Å²) in [4.78, 5) is 4.61. The molecular formula is C15H19N3O. The van der Waals surface area contributed by atoms with Gasteiger partial charge in [-0.15, -0.1) is 0 Å². The summed E-state index contributed by atoms with van der Waals surface area (Å²) in [5, 5.41) is 12.9. The standard InChI is InChI=1S/C15H19N3O/c16-3-1-2-13-17-14(18-19-13)15-7-10-4-11(8-15)6-12(5-10)9-15/h10-12H,1-2,4-9H2. The van der Waals surface area contributed by atoms with Crippen LogP contribution in [0, 0.1) is 29.1 Å². The van der Waals surface area contributed by atoms with E-state index in [1.165, 1.54) is 38.5 Å². The summed E-state index contributed by atoms with van der Waals surface area (Å²) in [6.07, 6.45) is 9.12. The monoisotopic (exact) mass is 257 g/mol. The molecule has 0 aliphatic heterocycles. The number of rotatable bonds is 3. The number of hydrogen-bond acceptors (Lipinski definition) is 4. The SMILES string of the molecule is N#CCCc1nc(C23CC4CC(CC(C4)C2)C3)no1. The highest BCUT2D eigenvalue weighted by Crippen LogP contribution is 2.60. The minimum absolute atomic E-state index is 0.211. The summed E-state index contributed by atoms with van der Waals surface area (Å²) in [7, 11) is 0. The Kier molecular flexibility index (Phi) is 2.45. The predicted molar refractivity (Wildman–Crippen MR) is 68.1 cm³/mol. The van der Waals surface area contributed by atoms with Crippen molar-refractivity contribution in [3.63, 3.8) is 0 Å². The number of nitrogens with zero attached hydrogens (tertiary/aromatic N) is 3. The van der Waals surface area contributed by atoms with Gasteiger partial charge in [-0.2, -0.15) is 10.2 Å². The molecule has 4 saturated carbocycles. The third kappa shape index (κ3) is 1.79. The molecule has 0 saturated heterocycles. The lowest BCUT2D eigenvalue weighted by molar-refractivity contribution is -0.0103. The molecule has 0 atom stereocenters. The van der Waals surface area contributed by atoms with Crippen LogP contribution in [0.3, 0.4) is 0 Å². The van der Waals surface area contributed by atoms with Crippen LogP contribution in [0.25, 0.3) is 0 Å². The molecule has 4 fully saturated rings. The summed E-state index contributed by atoms with van der Waals surface area (Å²) in [5.41, 5.74) is 0.211. The molecule has 0 N–H and O–H groups in total. The molecule has 1 aromatic heterocycles. The molecule has 100 valence electrons. The van der Waals surface area contributed by atoms with Gasteiger partial charge < -0.3 is 4.52 Å². The molecule has 0 unspecified atom stereocenters. The third-order valence-electron chi connectivity index (χ3n) is 5.43. The Balaban J connectivity index is 1.61. The van der Waals surface area contributed by atoms with Crippen molar-refractivity contribution in [1.82, 2.24) is 10.1 Å². The summed E-state index contributed by atoms with van der Waals surface area (Å²) >= 11 is 0. The van der Waals surface area contributed by atoms with E-state index in [0.717, 1.165) is 23.6 Å². The van der Waals surface area contributed by atoms with Gasteiger partial charge in [-0.1, -0.05) is 5.16 Å². The first kappa shape index (κ1) is 11.5. The maximum absolute atomic E-state index is 8.62. The van der Waals surface area contributed by atoms with Gasteiger partial charge in [0.05, 0.1) is 6.07 Å². The van der Waals surface area contributed by atoms with E-state index in [1.807, 2.05) is 0 Å². The van der Waals surface area contributed by atoms with E-state index in [9.17, 15) is 0 Å². The van der Waals surface area contributed by atoms with Gasteiger partial charge >= 0.3 is 0 Å². The van der Waals surface area contributed by atoms with Crippen LogP contribution in [0.5, 0.6) is 0 Å². The predicted octanol–water partition coefficient (Wildman–Crippen LogP) is 2.99. The molecule has 1 heterocycles. The van der Waals surface area contributed by atoms with Crippen LogP contribution < -0.4 is 0 Å². The zero-order valence-electron chi connectivity index (χ0n) is 11.1. The number of aromatic nitrogens is 2. The normalized spacial score (nSPS) is 39.4. The van der Waals surface area contributed by atoms with Crippen molar-refractivity contribution in [2.45, 2.75) is 56.8 Å². The van der Waals surface area contributed by atoms with Crippen LogP contribution in [0.1, 0.15) is 56.7 Å². The highest BCUT2D eigenvalue weighted by Gasteiger charge is 2.53. The lowest BCUT2D eigenvalue weighted by Gasteiger charge is -2.55. The second-order valence-electron chi connectivity index (χ2n) is 6.87. The Morgan fingerprint density at radius 1 is 1.16 bits per heavy atom. The third-order valence-corrected chi connectivity index (χ3v) is 5.43. The molecule has 0 spiro atoms. The smallest absolute Gasteiger partial charge is 0.227 e. The maximum atomic E-state index is 8.62. The fourth-order valence-corrected chi connectivity index (χ4v) is 5.12. The van der Waals surface area contributed by atoms with Gasteiger partial charge in [-0.05, 0) is 56.3 Å². The highest BCUT2D eigenvalue weighted by atomic mass is 16.5. The molecule has 0 amide bonds. The van der Waals surface area contributed by atoms with Crippen molar-refractivity contribution in [2.24, 2.45) is 17.8 Å². The number of nitriles is 1. The van der Waals surface area contributed by atoms with Crippen LogP contribution in [-0.4, -0.2) is 10.1 Å². The van der Waals surface area contributed by atoms with Gasteiger partial charge in [-0.3, -0.25) is 0 Å². The topological polar surface area (TPSA) is 62.7 Å². The summed E-state index contributed by atoms with van der Waals surface area (Å²) in [6, 6.07) is 2.13. The quantitative estimate of drug-likeness (QED) is 0.835. The molecule has 4 heteroatoms. The van der Waals surface area contributed by atoms with Gasteiger partial charge in [0.15, 0.2) is 5.82 Å². The maximum Gasteiger partial charge on any atom is 0.227 e. The zero-order valence-corrected chi connectivity index (χ0v) is 11.1. The Hall–Kier alpha value is -1.37. The van der Waals surface area contributed by atoms with Gasteiger partial charge in [-0.25, -0.2) is 0 Å². The number of aryl methyl sites for hydroxylation is 1. The van der Waals surface area contributed by atoms with Gasteiger partial charge in [0, 0.05) is 18.3 Å². The second kappa shape index (κ2) is 4.06. The highest BCUT2D eigenvalue weighted by molar-refractivity contribution is 5.16. The minimum Gasteiger partial charge on any atom is -0.339 e. The Bertz CT molecular complexity index is 492. The molecule has 4 nitrogen and oxygen atoms in total. The number of hydrogen-bond donors (Lipinski definition) is 0. The van der Waals surface area contributed by atoms with Gasteiger partial charge in [0.2, 0.25) is 5.89 Å². The van der Waals surface area contributed by atoms with Crippen LogP contribution >= 0.6 is 0 Å². The van der Waals surface area contributed by atoms with E-state index < -0.39 is 0 Å². The summed E-state index contributed by atoms with van der Waals surface area (Å²) < 4.78 is 5.34. The Morgan fingerprint density at radius 2 is 1.79 bits per heavy atom. The molecule has 0 aromatic carbocycles. The lowest BCUT2D eigenvalue weighted by Crippen LogP contribution is -2.49. The molecule has 19 heavy (non-hydrogen) atoms. The van der Waals surface area contributed by atoms with Gasteiger partial charge in [0.1, 0.15) is 0 Å². The first-order valence-electron chi connectivity index (χ1n) is 7.47. The first-order valence-corrected chi connectivity index (χ1v) is 7.47. The largest absolute Gasteiger partial charge is 0.339 e. The van der Waals surface area contributed by atoms with Gasteiger partial charge in [0.25, 0.3) is 0 Å². The van der Waals surface area contributed by atoms with Crippen molar-refractivity contribution in [1.29, 1.82) is 5.26 Å². The molecular weight excluding hydrogens is 238 g/mol. The Morgan fingerprint density at radius 3 is 2.37 bits per heavy atom. The van der Waals surface area contributed by atoms with E-state index in [2.05, 4.69) is 16.2 Å². The van der Waals surface area contributed by atoms with Crippen molar-refractivity contribution in [3.8, 4) is 6.07 Å². The van der Waals surface area contributed by atoms with Crippen LogP contribution in [0.2, 0.25) is 0 Å². The van der Waals surface area contributed by atoms with Crippen LogP contribution in [0.15, 0.2) is 4.52 Å². The zero-order chi connectivity index (χ0) is 12.9. The van der Waals surface area contributed by atoms with E-state index in [-0.39, 0.29) is 5.41 Å². The Labute approximate surface area is 113 Å². The molecule has 4 bridgehead atoms. The molecule has 4 aliphatic carbocycles. The molecule has 1 aromatic rings. The van der Waals surface area contributed by atoms with Crippen molar-refractivity contribution >= 4 is 0 Å². The van der Waals surface area contributed by atoms with Crippen molar-refractivity contribution in [3.05, 3.63) is 11.7 Å². The fourth-order valence-electron chi connectivity index (χ4n) is 5.12. The summed E-state index contributed by atoms with van der Waals surface area (Å²) in [6.45, 7) is 0. The van der Waals surface area contributed by atoms with Crippen molar-refractivity contribution in [2.75, 3.05) is 0 Å². The average molecular weight is 257 g/mol. The summed E-state index contributed by atoms with van der Waals surface area (Å²) in [5.74, 6) is 4.28. The van der Waals surface area contributed by atoms with Crippen molar-refractivity contribution < 1.29 is 4.52 Å². The minimum atomic E-state index is 0.211. The van der Waals surface area contributed by atoms with E-state index in [1.54, 1.807) is 0 Å². The van der Waals surface area contributed by atoms with Crippen LogP contribution in [0.4, 0.5) is 0 Å². The lowest BCUT2D eigenvalue weighted by atomic mass is 9.49. The fraction of sp³-hybridized carbons (Fsp3) is 0.800. The van der Waals surface area contributed by atoms with Crippen LogP contribution in [-0.2, 0) is 11.8 Å². The molecule has 0 radical (unpaired) electrons.